The summed E-state index contributed by atoms with van der Waals surface area (Å²) in [5.41, 5.74) is 2.94. The number of imide groups is 1. The minimum atomic E-state index is -3.48. The number of pyridine rings is 2. The van der Waals surface area contributed by atoms with Crippen LogP contribution in [0.5, 0.6) is 0 Å². The highest BCUT2D eigenvalue weighted by Crippen LogP contribution is 2.53. The van der Waals surface area contributed by atoms with Gasteiger partial charge < -0.3 is 14.8 Å². The molecule has 14 nitrogen and oxygen atoms in total. The quantitative estimate of drug-likeness (QED) is 0.206. The van der Waals surface area contributed by atoms with Crippen LogP contribution in [0.2, 0.25) is 0 Å². The summed E-state index contributed by atoms with van der Waals surface area (Å²) >= 11 is 0. The predicted molar refractivity (Wildman–Crippen MR) is 224 cm³/mol. The Hall–Kier alpha value is -4.73. The van der Waals surface area contributed by atoms with Crippen molar-refractivity contribution < 1.29 is 18.0 Å². The number of hydrogen-bond acceptors (Lipinski definition) is 11. The van der Waals surface area contributed by atoms with Gasteiger partial charge in [-0.05, 0) is 138 Å². The topological polar surface area (TPSA) is 169 Å². The van der Waals surface area contributed by atoms with Crippen LogP contribution < -0.4 is 21.8 Å². The second-order valence-electron chi connectivity index (χ2n) is 17.9. The van der Waals surface area contributed by atoms with E-state index in [9.17, 15) is 27.6 Å². The number of sulfone groups is 1. The number of carbonyl (C=O) groups excluding carboxylic acids is 2. The Morgan fingerprint density at radius 3 is 2.34 bits per heavy atom. The van der Waals surface area contributed by atoms with Gasteiger partial charge in [0.1, 0.15) is 11.7 Å². The average Bonchev–Trinajstić information content (AvgIpc) is 3.74. The van der Waals surface area contributed by atoms with E-state index in [1.54, 1.807) is 42.7 Å². The number of rotatable bonds is 10. The molecule has 3 saturated heterocycles. The van der Waals surface area contributed by atoms with E-state index < -0.39 is 21.8 Å². The van der Waals surface area contributed by atoms with E-state index in [4.69, 9.17) is 4.98 Å². The number of piperidine rings is 3. The van der Waals surface area contributed by atoms with Crippen molar-refractivity contribution in [2.45, 2.75) is 113 Å². The van der Waals surface area contributed by atoms with Gasteiger partial charge in [0, 0.05) is 61.2 Å². The molecule has 2 saturated carbocycles. The van der Waals surface area contributed by atoms with Gasteiger partial charge in [-0.1, -0.05) is 18.9 Å². The van der Waals surface area contributed by atoms with Crippen LogP contribution in [0.25, 0.3) is 11.0 Å². The van der Waals surface area contributed by atoms with Crippen molar-refractivity contribution in [1.29, 1.82) is 0 Å². The van der Waals surface area contributed by atoms with Crippen LogP contribution >= 0.6 is 0 Å². The van der Waals surface area contributed by atoms with Crippen molar-refractivity contribution in [1.82, 2.24) is 34.2 Å². The maximum Gasteiger partial charge on any atom is 0.252 e. The summed E-state index contributed by atoms with van der Waals surface area (Å²) in [6.45, 7) is 7.61. The van der Waals surface area contributed by atoms with Crippen LogP contribution in [0.3, 0.4) is 0 Å². The fourth-order valence-electron chi connectivity index (χ4n) is 10.4. The summed E-state index contributed by atoms with van der Waals surface area (Å²) in [7, 11) is -3.48. The van der Waals surface area contributed by atoms with E-state index in [-0.39, 0.29) is 40.2 Å². The van der Waals surface area contributed by atoms with Crippen molar-refractivity contribution in [3.05, 3.63) is 86.7 Å². The maximum atomic E-state index is 13.9. The van der Waals surface area contributed by atoms with Gasteiger partial charge in [-0.15, -0.1) is 0 Å². The Bertz CT molecular complexity index is 2490. The van der Waals surface area contributed by atoms with Gasteiger partial charge in [-0.3, -0.25) is 34.0 Å². The van der Waals surface area contributed by atoms with Gasteiger partial charge in [0.15, 0.2) is 9.84 Å². The van der Waals surface area contributed by atoms with E-state index in [1.165, 1.54) is 10.6 Å². The van der Waals surface area contributed by atoms with Crippen molar-refractivity contribution in [2.24, 2.45) is 11.3 Å². The predicted octanol–water partition coefficient (Wildman–Crippen LogP) is 5.03. The Morgan fingerprint density at radius 1 is 0.864 bits per heavy atom. The molecule has 5 aliphatic rings. The molecule has 3 aliphatic heterocycles. The van der Waals surface area contributed by atoms with Gasteiger partial charge in [0.2, 0.25) is 17.8 Å². The molecule has 9 rings (SSSR count). The SMILES string of the molecule is Cc1cc(S(=O)(=O)C2CC3(CCN(CC4CCN(Cc5ccc(=O)n(C6CCC(=O)NC6=O)c5)CC4)CC3)C2)ccc1Nc1ncc2ccc(=O)n(C3CCCC3)c2n1. The van der Waals surface area contributed by atoms with Crippen molar-refractivity contribution >= 4 is 44.3 Å². The second kappa shape index (κ2) is 16.0. The van der Waals surface area contributed by atoms with Crippen LogP contribution in [0.4, 0.5) is 11.6 Å². The largest absolute Gasteiger partial charge is 0.324 e. The van der Waals surface area contributed by atoms with E-state index in [0.29, 0.717) is 48.2 Å². The Labute approximate surface area is 344 Å². The number of nitrogens with zero attached hydrogens (tertiary/aromatic N) is 6. The fraction of sp³-hybridized carbons (Fsp3) is 0.545. The van der Waals surface area contributed by atoms with Crippen molar-refractivity contribution in [2.75, 3.05) is 38.0 Å². The first-order chi connectivity index (χ1) is 28.4. The number of benzene rings is 1. The molecule has 3 aromatic heterocycles. The number of carbonyl (C=O) groups is 2. The van der Waals surface area contributed by atoms with Crippen LogP contribution in [-0.2, 0) is 26.0 Å². The highest BCUT2D eigenvalue weighted by Gasteiger charge is 2.51. The summed E-state index contributed by atoms with van der Waals surface area (Å²) < 4.78 is 31.0. The molecule has 4 aromatic rings. The molecule has 0 radical (unpaired) electrons. The number of anilines is 2. The van der Waals surface area contributed by atoms with E-state index in [1.807, 2.05) is 17.6 Å². The molecular weight excluding hydrogens is 769 g/mol. The lowest BCUT2D eigenvalue weighted by molar-refractivity contribution is -0.135. The molecule has 1 aromatic carbocycles. The third-order valence-electron chi connectivity index (χ3n) is 14.0. The Morgan fingerprint density at radius 2 is 1.61 bits per heavy atom. The smallest absolute Gasteiger partial charge is 0.252 e. The molecule has 59 heavy (non-hydrogen) atoms. The van der Waals surface area contributed by atoms with Crippen LogP contribution in [0.15, 0.2) is 69.3 Å². The lowest BCUT2D eigenvalue weighted by Crippen LogP contribution is -2.52. The molecule has 5 fully saturated rings. The highest BCUT2D eigenvalue weighted by atomic mass is 32.2. The van der Waals surface area contributed by atoms with Crippen LogP contribution in [-0.4, -0.2) is 87.1 Å². The van der Waals surface area contributed by atoms with Crippen LogP contribution in [0.1, 0.15) is 100 Å². The molecule has 1 atom stereocenters. The summed E-state index contributed by atoms with van der Waals surface area (Å²) in [5.74, 6) is 0.274. The minimum Gasteiger partial charge on any atom is -0.324 e. The van der Waals surface area contributed by atoms with Crippen molar-refractivity contribution in [3.8, 4) is 0 Å². The lowest BCUT2D eigenvalue weighted by atomic mass is 9.63. The van der Waals surface area contributed by atoms with Gasteiger partial charge in [0.05, 0.1) is 10.1 Å². The number of aromatic nitrogens is 4. The summed E-state index contributed by atoms with van der Waals surface area (Å²) in [6, 6.07) is 11.5. The molecule has 2 amide bonds. The van der Waals surface area contributed by atoms with E-state index in [2.05, 4.69) is 25.4 Å². The average molecular weight is 823 g/mol. The summed E-state index contributed by atoms with van der Waals surface area (Å²) in [6.07, 6.45) is 13.9. The monoisotopic (exact) mass is 822 g/mol. The molecule has 6 heterocycles. The molecule has 1 spiro atoms. The lowest BCUT2D eigenvalue weighted by Gasteiger charge is -2.52. The Balaban J connectivity index is 0.747. The molecular formula is C44H54N8O6S. The van der Waals surface area contributed by atoms with Gasteiger partial charge in [-0.25, -0.2) is 13.4 Å². The maximum absolute atomic E-state index is 13.9. The van der Waals surface area contributed by atoms with Gasteiger partial charge in [-0.2, -0.15) is 4.98 Å². The zero-order valence-electron chi connectivity index (χ0n) is 33.8. The Kier molecular flexibility index (Phi) is 10.8. The van der Waals surface area contributed by atoms with E-state index >= 15 is 0 Å². The zero-order valence-corrected chi connectivity index (χ0v) is 34.6. The number of nitrogens with one attached hydrogen (secondary N) is 2. The fourth-order valence-corrected chi connectivity index (χ4v) is 12.5. The third kappa shape index (κ3) is 8.13. The second-order valence-corrected chi connectivity index (χ2v) is 20.1. The van der Waals surface area contributed by atoms with Gasteiger partial charge in [0.25, 0.3) is 11.1 Å². The molecule has 2 N–H and O–H groups in total. The first kappa shape index (κ1) is 39.7. The van der Waals surface area contributed by atoms with Crippen molar-refractivity contribution in [3.63, 3.8) is 0 Å². The number of amides is 2. The van der Waals surface area contributed by atoms with Gasteiger partial charge >= 0.3 is 0 Å². The molecule has 2 aliphatic carbocycles. The summed E-state index contributed by atoms with van der Waals surface area (Å²) in [5, 5.41) is 6.08. The van der Waals surface area contributed by atoms with Crippen LogP contribution in [0, 0.1) is 18.3 Å². The molecule has 1 unspecified atom stereocenters. The summed E-state index contributed by atoms with van der Waals surface area (Å²) in [4.78, 5) is 64.0. The third-order valence-corrected chi connectivity index (χ3v) is 16.1. The zero-order chi connectivity index (χ0) is 40.9. The van der Waals surface area contributed by atoms with E-state index in [0.717, 1.165) is 106 Å². The number of hydrogen-bond donors (Lipinski definition) is 2. The highest BCUT2D eigenvalue weighted by molar-refractivity contribution is 7.92. The minimum absolute atomic E-state index is 0.0516. The standard InChI is InChI=1S/C44H54N8O6S/c1-29-22-34(8-9-36(29)46-43-45-25-32-7-13-40(55)52(41(32)48-43)33-4-2-3-5-33)59(57,58)35-23-44(24-35)16-20-50(21-17-44)26-30-14-18-49(19-15-30)27-31-6-12-39(54)51(28-31)37-10-11-38(53)47-42(37)56/h6-9,12-13,22,25,28,30,33,35,37H,2-5,10-11,14-21,23-24,26-27H2,1H3,(H,45,46,48)(H,47,53,56). The first-order valence-corrected chi connectivity index (χ1v) is 23.0. The molecule has 312 valence electrons. The molecule has 15 heteroatoms. The number of fused-ring (bicyclic) bond motifs is 1. The molecule has 0 bridgehead atoms. The normalized spacial score (nSPS) is 22.5. The first-order valence-electron chi connectivity index (χ1n) is 21.4. The number of aryl methyl sites for hydroxylation is 1. The number of likely N-dealkylation sites (tertiary alicyclic amines) is 2.